The number of benzene rings is 2. The number of aliphatic imine (C=N–C) groups is 1. The highest BCUT2D eigenvalue weighted by molar-refractivity contribution is 6.14. The summed E-state index contributed by atoms with van der Waals surface area (Å²) in [7, 11) is 0. The Balaban J connectivity index is 1.87. The summed E-state index contributed by atoms with van der Waals surface area (Å²) in [5.74, 6) is 0. The molecular weight excluding hydrogens is 242 g/mol. The lowest BCUT2D eigenvalue weighted by Crippen LogP contribution is -2.33. The maximum atomic E-state index is 4.99. The van der Waals surface area contributed by atoms with E-state index in [0.29, 0.717) is 5.41 Å². The summed E-state index contributed by atoms with van der Waals surface area (Å²) in [5, 5.41) is 0. The van der Waals surface area contributed by atoms with Gasteiger partial charge in [-0.15, -0.1) is 0 Å². The maximum absolute atomic E-state index is 4.99. The van der Waals surface area contributed by atoms with Crippen molar-refractivity contribution in [2.24, 2.45) is 4.99 Å². The van der Waals surface area contributed by atoms with Gasteiger partial charge >= 0.3 is 0 Å². The Labute approximate surface area is 120 Å². The average molecular weight is 261 g/mol. The van der Waals surface area contributed by atoms with E-state index < -0.39 is 0 Å². The first-order valence-corrected chi connectivity index (χ1v) is 7.59. The molecule has 0 bridgehead atoms. The smallest absolute Gasteiger partial charge is 0.0722 e. The van der Waals surface area contributed by atoms with E-state index in [0.717, 1.165) is 6.54 Å². The summed E-state index contributed by atoms with van der Waals surface area (Å²) in [5.41, 5.74) is 5.64. The second-order valence-corrected chi connectivity index (χ2v) is 6.06. The van der Waals surface area contributed by atoms with Gasteiger partial charge in [0.05, 0.1) is 5.71 Å². The second kappa shape index (κ2) is 4.59. The minimum atomic E-state index is 0.328. The molecule has 2 aliphatic rings. The van der Waals surface area contributed by atoms with E-state index in [-0.39, 0.29) is 0 Å². The van der Waals surface area contributed by atoms with E-state index in [1.165, 1.54) is 48.1 Å². The molecule has 1 saturated carbocycles. The number of rotatable bonds is 1. The molecule has 1 nitrogen and oxygen atoms in total. The summed E-state index contributed by atoms with van der Waals surface area (Å²) in [6.45, 7) is 0.967. The maximum Gasteiger partial charge on any atom is 0.0722 e. The van der Waals surface area contributed by atoms with Crippen molar-refractivity contribution in [2.45, 2.75) is 31.1 Å². The molecule has 100 valence electrons. The largest absolute Gasteiger partial charge is 0.283 e. The topological polar surface area (TPSA) is 12.4 Å². The van der Waals surface area contributed by atoms with Crippen LogP contribution in [0.4, 0.5) is 0 Å². The van der Waals surface area contributed by atoms with Crippen molar-refractivity contribution in [3.8, 4) is 0 Å². The third-order valence-electron chi connectivity index (χ3n) is 4.90. The van der Waals surface area contributed by atoms with Crippen LogP contribution in [0.25, 0.3) is 0 Å². The van der Waals surface area contributed by atoms with Crippen molar-refractivity contribution in [1.29, 1.82) is 0 Å². The molecule has 0 amide bonds. The zero-order valence-electron chi connectivity index (χ0n) is 11.7. The highest BCUT2D eigenvalue weighted by Gasteiger charge is 2.39. The average Bonchev–Trinajstić information content (AvgIpc) is 2.98. The lowest BCUT2D eigenvalue weighted by molar-refractivity contribution is 0.448. The van der Waals surface area contributed by atoms with Crippen LogP contribution in [0.1, 0.15) is 42.4 Å². The van der Waals surface area contributed by atoms with Crippen LogP contribution in [-0.2, 0) is 5.41 Å². The Morgan fingerprint density at radius 3 is 2.30 bits per heavy atom. The van der Waals surface area contributed by atoms with Gasteiger partial charge in [-0.25, -0.2) is 0 Å². The molecule has 0 atom stereocenters. The summed E-state index contributed by atoms with van der Waals surface area (Å²) in [6.07, 6.45) is 5.31. The van der Waals surface area contributed by atoms with Crippen molar-refractivity contribution in [3.63, 3.8) is 0 Å². The fourth-order valence-electron chi connectivity index (χ4n) is 3.87. The van der Waals surface area contributed by atoms with Crippen molar-refractivity contribution in [1.82, 2.24) is 0 Å². The van der Waals surface area contributed by atoms with Crippen LogP contribution in [-0.4, -0.2) is 12.3 Å². The molecule has 0 radical (unpaired) electrons. The highest BCUT2D eigenvalue weighted by atomic mass is 14.8. The Hall–Kier alpha value is -1.89. The number of hydrogen-bond acceptors (Lipinski definition) is 1. The summed E-state index contributed by atoms with van der Waals surface area (Å²) < 4.78 is 0. The molecule has 2 aromatic carbocycles. The van der Waals surface area contributed by atoms with E-state index >= 15 is 0 Å². The third-order valence-corrected chi connectivity index (χ3v) is 4.90. The van der Waals surface area contributed by atoms with Gasteiger partial charge < -0.3 is 0 Å². The summed E-state index contributed by atoms with van der Waals surface area (Å²) >= 11 is 0. The number of nitrogens with zero attached hydrogens (tertiary/aromatic N) is 1. The molecule has 2 aromatic rings. The Bertz CT molecular complexity index is 648. The third kappa shape index (κ3) is 1.73. The van der Waals surface area contributed by atoms with Crippen LogP contribution in [0.2, 0.25) is 0 Å². The minimum Gasteiger partial charge on any atom is -0.283 e. The van der Waals surface area contributed by atoms with E-state index in [1.54, 1.807) is 0 Å². The number of hydrogen-bond donors (Lipinski definition) is 0. The van der Waals surface area contributed by atoms with Crippen LogP contribution >= 0.6 is 0 Å². The van der Waals surface area contributed by atoms with Crippen LogP contribution in [0.15, 0.2) is 59.6 Å². The molecule has 1 heterocycles. The van der Waals surface area contributed by atoms with Crippen LogP contribution in [0.3, 0.4) is 0 Å². The first kappa shape index (κ1) is 11.9. The first-order chi connectivity index (χ1) is 9.89. The highest BCUT2D eigenvalue weighted by Crippen LogP contribution is 2.45. The van der Waals surface area contributed by atoms with Crippen LogP contribution < -0.4 is 0 Å². The zero-order chi connectivity index (χ0) is 13.4. The summed E-state index contributed by atoms with van der Waals surface area (Å²) in [4.78, 5) is 4.99. The fraction of sp³-hybridized carbons (Fsp3) is 0.316. The normalized spacial score (nSPS) is 19.7. The van der Waals surface area contributed by atoms with Gasteiger partial charge in [-0.2, -0.15) is 0 Å². The lowest BCUT2D eigenvalue weighted by atomic mass is 9.73. The van der Waals surface area contributed by atoms with Gasteiger partial charge in [0, 0.05) is 23.1 Å². The lowest BCUT2D eigenvalue weighted by Gasteiger charge is -2.34. The molecule has 0 saturated heterocycles. The zero-order valence-corrected chi connectivity index (χ0v) is 11.7. The van der Waals surface area contributed by atoms with Gasteiger partial charge in [0.15, 0.2) is 0 Å². The monoisotopic (exact) mass is 261 g/mol. The molecule has 4 rings (SSSR count). The number of fused-ring (bicyclic) bond motifs is 2. The predicted molar refractivity (Wildman–Crippen MR) is 83.5 cm³/mol. The first-order valence-electron chi connectivity index (χ1n) is 7.59. The molecule has 0 N–H and O–H groups in total. The molecule has 1 spiro atoms. The molecule has 20 heavy (non-hydrogen) atoms. The van der Waals surface area contributed by atoms with Gasteiger partial charge in [-0.1, -0.05) is 67.4 Å². The molecule has 0 unspecified atom stereocenters. The molecule has 0 aromatic heterocycles. The van der Waals surface area contributed by atoms with Crippen molar-refractivity contribution < 1.29 is 0 Å². The van der Waals surface area contributed by atoms with Gasteiger partial charge in [0.1, 0.15) is 0 Å². The van der Waals surface area contributed by atoms with Crippen molar-refractivity contribution in [3.05, 3.63) is 71.3 Å². The van der Waals surface area contributed by atoms with E-state index in [9.17, 15) is 0 Å². The molecule has 1 aliphatic carbocycles. The Kier molecular flexibility index (Phi) is 2.73. The Morgan fingerprint density at radius 2 is 1.50 bits per heavy atom. The van der Waals surface area contributed by atoms with Gasteiger partial charge in [0.25, 0.3) is 0 Å². The fourth-order valence-corrected chi connectivity index (χ4v) is 3.87. The molecule has 1 fully saturated rings. The SMILES string of the molecule is c1ccc(C2=NCC3(CCCC3)c3ccccc32)cc1. The molecule has 1 aliphatic heterocycles. The quantitative estimate of drug-likeness (QED) is 0.723. The second-order valence-electron chi connectivity index (χ2n) is 6.06. The molecular formula is C19H19N. The predicted octanol–water partition coefficient (Wildman–Crippen LogP) is 4.35. The van der Waals surface area contributed by atoms with E-state index in [2.05, 4.69) is 54.6 Å². The minimum absolute atomic E-state index is 0.328. The van der Waals surface area contributed by atoms with Crippen LogP contribution in [0.5, 0.6) is 0 Å². The van der Waals surface area contributed by atoms with Crippen LogP contribution in [0, 0.1) is 0 Å². The molecule has 1 heteroatoms. The summed E-state index contributed by atoms with van der Waals surface area (Å²) in [6, 6.07) is 19.5. The van der Waals surface area contributed by atoms with Crippen molar-refractivity contribution >= 4 is 5.71 Å². The standard InChI is InChI=1S/C19H19N/c1-2-8-15(9-3-1)18-16-10-4-5-11-17(16)19(14-20-18)12-6-7-13-19/h1-5,8-11H,6-7,12-14H2. The van der Waals surface area contributed by atoms with E-state index in [4.69, 9.17) is 4.99 Å². The van der Waals surface area contributed by atoms with E-state index in [1.807, 2.05) is 0 Å². The Morgan fingerprint density at radius 1 is 0.800 bits per heavy atom. The van der Waals surface area contributed by atoms with Gasteiger partial charge in [-0.05, 0) is 18.4 Å². The van der Waals surface area contributed by atoms with Gasteiger partial charge in [-0.3, -0.25) is 4.99 Å². The van der Waals surface area contributed by atoms with Crippen molar-refractivity contribution in [2.75, 3.05) is 6.54 Å². The van der Waals surface area contributed by atoms with Gasteiger partial charge in [0.2, 0.25) is 0 Å².